The molecular formula is C13H15FN2O2. The van der Waals surface area contributed by atoms with Crippen LogP contribution in [-0.4, -0.2) is 39.5 Å². The van der Waals surface area contributed by atoms with Gasteiger partial charge in [-0.2, -0.15) is 5.26 Å². The lowest BCUT2D eigenvalue weighted by atomic mass is 10.2. The number of methoxy groups -OCH3 is 2. The van der Waals surface area contributed by atoms with E-state index in [1.54, 1.807) is 26.4 Å². The smallest absolute Gasteiger partial charge is 0.147 e. The summed E-state index contributed by atoms with van der Waals surface area (Å²) in [5.74, 6) is -0.388. The molecule has 0 aliphatic carbocycles. The lowest BCUT2D eigenvalue weighted by molar-refractivity contribution is -0.00461. The van der Waals surface area contributed by atoms with Crippen LogP contribution in [0.25, 0.3) is 0 Å². The van der Waals surface area contributed by atoms with Crippen molar-refractivity contribution < 1.29 is 13.9 Å². The fraction of sp³-hybridized carbons (Fsp3) is 0.462. The third-order valence-electron chi connectivity index (χ3n) is 3.24. The van der Waals surface area contributed by atoms with E-state index in [0.29, 0.717) is 24.3 Å². The molecule has 1 aliphatic rings. The zero-order chi connectivity index (χ0) is 13.1. The van der Waals surface area contributed by atoms with Crippen LogP contribution in [0, 0.1) is 17.1 Å². The Kier molecular flexibility index (Phi) is 3.80. The maximum absolute atomic E-state index is 13.9. The predicted molar refractivity (Wildman–Crippen MR) is 64.9 cm³/mol. The molecule has 0 aromatic heterocycles. The molecule has 0 radical (unpaired) electrons. The van der Waals surface area contributed by atoms with Crippen molar-refractivity contribution >= 4 is 5.69 Å². The van der Waals surface area contributed by atoms with Gasteiger partial charge in [-0.15, -0.1) is 0 Å². The van der Waals surface area contributed by atoms with Crippen molar-refractivity contribution in [2.24, 2.45) is 0 Å². The number of ether oxygens (including phenoxy) is 2. The van der Waals surface area contributed by atoms with E-state index in [9.17, 15) is 4.39 Å². The van der Waals surface area contributed by atoms with Crippen LogP contribution < -0.4 is 4.90 Å². The van der Waals surface area contributed by atoms with Crippen LogP contribution in [-0.2, 0) is 9.47 Å². The van der Waals surface area contributed by atoms with Crippen molar-refractivity contribution in [3.05, 3.63) is 29.6 Å². The lowest BCUT2D eigenvalue weighted by Crippen LogP contribution is -2.27. The molecule has 0 saturated carbocycles. The Bertz CT molecular complexity index is 461. The molecule has 2 rings (SSSR count). The van der Waals surface area contributed by atoms with Crippen molar-refractivity contribution in [2.75, 3.05) is 32.2 Å². The van der Waals surface area contributed by atoms with Gasteiger partial charge in [0.05, 0.1) is 17.3 Å². The highest BCUT2D eigenvalue weighted by atomic mass is 19.1. The zero-order valence-corrected chi connectivity index (χ0v) is 10.4. The Morgan fingerprint density at radius 1 is 1.28 bits per heavy atom. The van der Waals surface area contributed by atoms with Gasteiger partial charge in [-0.25, -0.2) is 4.39 Å². The summed E-state index contributed by atoms with van der Waals surface area (Å²) in [4.78, 5) is 1.87. The molecule has 1 saturated heterocycles. The van der Waals surface area contributed by atoms with Crippen molar-refractivity contribution in [3.8, 4) is 6.07 Å². The van der Waals surface area contributed by atoms with E-state index in [-0.39, 0.29) is 18.0 Å². The average Bonchev–Trinajstić information content (AvgIpc) is 2.81. The lowest BCUT2D eigenvalue weighted by Gasteiger charge is -2.18. The van der Waals surface area contributed by atoms with E-state index in [0.717, 1.165) is 0 Å². The van der Waals surface area contributed by atoms with Crippen LogP contribution in [0.4, 0.5) is 10.1 Å². The van der Waals surface area contributed by atoms with E-state index in [1.807, 2.05) is 11.0 Å². The first-order valence-electron chi connectivity index (χ1n) is 5.69. The third-order valence-corrected chi connectivity index (χ3v) is 3.24. The normalized spacial score (nSPS) is 23.1. The number of rotatable bonds is 3. The molecule has 2 unspecified atom stereocenters. The van der Waals surface area contributed by atoms with E-state index in [1.165, 1.54) is 6.07 Å². The molecule has 1 fully saturated rings. The molecule has 1 aliphatic heterocycles. The molecule has 0 amide bonds. The summed E-state index contributed by atoms with van der Waals surface area (Å²) in [6, 6.07) is 6.40. The second kappa shape index (κ2) is 5.34. The SMILES string of the molecule is COC1CN(c2ccc(C#N)cc2F)CC1OC. The van der Waals surface area contributed by atoms with Gasteiger partial charge in [0, 0.05) is 27.3 Å². The van der Waals surface area contributed by atoms with Gasteiger partial charge < -0.3 is 14.4 Å². The quantitative estimate of drug-likeness (QED) is 0.816. The summed E-state index contributed by atoms with van der Waals surface area (Å²) in [6.45, 7) is 1.16. The molecule has 1 aromatic carbocycles. The van der Waals surface area contributed by atoms with Crippen LogP contribution in [0.1, 0.15) is 5.56 Å². The van der Waals surface area contributed by atoms with Gasteiger partial charge in [0.25, 0.3) is 0 Å². The second-order valence-electron chi connectivity index (χ2n) is 4.23. The third kappa shape index (κ3) is 2.30. The van der Waals surface area contributed by atoms with Gasteiger partial charge >= 0.3 is 0 Å². The largest absolute Gasteiger partial charge is 0.377 e. The minimum Gasteiger partial charge on any atom is -0.377 e. The number of hydrogen-bond acceptors (Lipinski definition) is 4. The maximum atomic E-state index is 13.9. The predicted octanol–water partition coefficient (Wildman–Crippen LogP) is 1.55. The molecule has 1 heterocycles. The fourth-order valence-corrected chi connectivity index (χ4v) is 2.23. The van der Waals surface area contributed by atoms with Crippen LogP contribution in [0.2, 0.25) is 0 Å². The summed E-state index contributed by atoms with van der Waals surface area (Å²) < 4.78 is 24.5. The molecular weight excluding hydrogens is 235 g/mol. The number of hydrogen-bond donors (Lipinski definition) is 0. The van der Waals surface area contributed by atoms with Crippen molar-refractivity contribution in [2.45, 2.75) is 12.2 Å². The first kappa shape index (κ1) is 12.8. The molecule has 4 nitrogen and oxygen atoms in total. The minimum atomic E-state index is -0.388. The van der Waals surface area contributed by atoms with Crippen LogP contribution >= 0.6 is 0 Å². The topological polar surface area (TPSA) is 45.5 Å². The molecule has 96 valence electrons. The van der Waals surface area contributed by atoms with Crippen LogP contribution in [0.15, 0.2) is 18.2 Å². The number of nitriles is 1. The van der Waals surface area contributed by atoms with Gasteiger partial charge in [-0.1, -0.05) is 0 Å². The summed E-state index contributed by atoms with van der Waals surface area (Å²) in [5, 5.41) is 8.71. The van der Waals surface area contributed by atoms with Crippen LogP contribution in [0.5, 0.6) is 0 Å². The summed E-state index contributed by atoms with van der Waals surface area (Å²) in [7, 11) is 3.24. The zero-order valence-electron chi connectivity index (χ0n) is 10.4. The monoisotopic (exact) mass is 250 g/mol. The highest BCUT2D eigenvalue weighted by Crippen LogP contribution is 2.26. The number of nitrogens with zero attached hydrogens (tertiary/aromatic N) is 2. The highest BCUT2D eigenvalue weighted by Gasteiger charge is 2.34. The molecule has 0 spiro atoms. The second-order valence-corrected chi connectivity index (χ2v) is 4.23. The van der Waals surface area contributed by atoms with E-state index in [4.69, 9.17) is 14.7 Å². The summed E-state index contributed by atoms with van der Waals surface area (Å²) in [5.41, 5.74) is 0.803. The fourth-order valence-electron chi connectivity index (χ4n) is 2.23. The van der Waals surface area contributed by atoms with Gasteiger partial charge in [-0.05, 0) is 18.2 Å². The van der Waals surface area contributed by atoms with Gasteiger partial charge in [-0.3, -0.25) is 0 Å². The standard InChI is InChI=1S/C13H15FN2O2/c1-17-12-7-16(8-13(12)18-2)11-4-3-9(6-15)5-10(11)14/h3-5,12-13H,7-8H2,1-2H3. The maximum Gasteiger partial charge on any atom is 0.147 e. The Labute approximate surface area is 106 Å². The summed E-state index contributed by atoms with van der Waals surface area (Å²) >= 11 is 0. The van der Waals surface area contributed by atoms with E-state index >= 15 is 0 Å². The molecule has 5 heteroatoms. The van der Waals surface area contributed by atoms with Crippen molar-refractivity contribution in [1.29, 1.82) is 5.26 Å². The number of halogens is 1. The van der Waals surface area contributed by atoms with Gasteiger partial charge in [0.1, 0.15) is 18.0 Å². The van der Waals surface area contributed by atoms with Crippen molar-refractivity contribution in [1.82, 2.24) is 0 Å². The molecule has 0 N–H and O–H groups in total. The Morgan fingerprint density at radius 2 is 1.89 bits per heavy atom. The van der Waals surface area contributed by atoms with Gasteiger partial charge in [0.2, 0.25) is 0 Å². The summed E-state index contributed by atoms with van der Waals surface area (Å²) in [6.07, 6.45) is -0.130. The first-order chi connectivity index (χ1) is 8.69. The number of anilines is 1. The van der Waals surface area contributed by atoms with Gasteiger partial charge in [0.15, 0.2) is 0 Å². The van der Waals surface area contributed by atoms with E-state index in [2.05, 4.69) is 0 Å². The molecule has 2 atom stereocenters. The van der Waals surface area contributed by atoms with E-state index < -0.39 is 0 Å². The first-order valence-corrected chi connectivity index (χ1v) is 5.69. The van der Waals surface area contributed by atoms with Crippen LogP contribution in [0.3, 0.4) is 0 Å². The molecule has 1 aromatic rings. The Balaban J connectivity index is 2.21. The molecule has 0 bridgehead atoms. The Hall–Kier alpha value is -1.64. The highest BCUT2D eigenvalue weighted by molar-refractivity contribution is 5.52. The van der Waals surface area contributed by atoms with Crippen molar-refractivity contribution in [3.63, 3.8) is 0 Å². The minimum absolute atomic E-state index is 0.0648. The Morgan fingerprint density at radius 3 is 2.33 bits per heavy atom. The number of benzene rings is 1. The average molecular weight is 250 g/mol. The molecule has 18 heavy (non-hydrogen) atoms.